The molecule has 0 bridgehead atoms. The number of hydrogen-bond acceptors (Lipinski definition) is 3. The molecule has 2 N–H and O–H groups in total. The lowest BCUT2D eigenvalue weighted by Crippen LogP contribution is -2.29. The fourth-order valence-electron chi connectivity index (χ4n) is 3.87. The predicted molar refractivity (Wildman–Crippen MR) is 102 cm³/mol. The maximum Gasteiger partial charge on any atom is 0.127 e. The van der Waals surface area contributed by atoms with Crippen LogP contribution in [0.3, 0.4) is 0 Å². The number of phenols is 2. The molecule has 0 aliphatic carbocycles. The molecule has 1 heterocycles. The smallest absolute Gasteiger partial charge is 0.127 e. The van der Waals surface area contributed by atoms with Crippen molar-refractivity contribution in [2.45, 2.75) is 25.4 Å². The van der Waals surface area contributed by atoms with Gasteiger partial charge in [0.1, 0.15) is 23.4 Å². The maximum atomic E-state index is 9.99. The molecule has 0 spiro atoms. The van der Waals surface area contributed by atoms with Crippen molar-refractivity contribution in [1.29, 1.82) is 0 Å². The molecular weight excluding hydrogens is 324 g/mol. The summed E-state index contributed by atoms with van der Waals surface area (Å²) in [6.45, 7) is 2.19. The SMILES string of the molecule is C[C@@H]1C(Cc2ccccc2)c2cc(O)ccc2OC1c1ccc(O)cc1. The summed E-state index contributed by atoms with van der Waals surface area (Å²) < 4.78 is 6.30. The van der Waals surface area contributed by atoms with Crippen LogP contribution in [0.15, 0.2) is 72.8 Å². The van der Waals surface area contributed by atoms with E-state index in [-0.39, 0.29) is 29.4 Å². The summed E-state index contributed by atoms with van der Waals surface area (Å²) in [7, 11) is 0. The lowest BCUT2D eigenvalue weighted by Gasteiger charge is -2.38. The van der Waals surface area contributed by atoms with E-state index < -0.39 is 0 Å². The first-order valence-corrected chi connectivity index (χ1v) is 8.94. The molecular formula is C23H22O3. The molecule has 3 heteroatoms. The molecule has 3 aromatic carbocycles. The van der Waals surface area contributed by atoms with E-state index in [4.69, 9.17) is 4.74 Å². The highest BCUT2D eigenvalue weighted by atomic mass is 16.5. The van der Waals surface area contributed by atoms with Gasteiger partial charge in [-0.2, -0.15) is 0 Å². The number of hydrogen-bond donors (Lipinski definition) is 2. The summed E-state index contributed by atoms with van der Waals surface area (Å²) in [4.78, 5) is 0. The lowest BCUT2D eigenvalue weighted by atomic mass is 9.76. The van der Waals surface area contributed by atoms with Crippen molar-refractivity contribution in [3.8, 4) is 17.2 Å². The van der Waals surface area contributed by atoms with Gasteiger partial charge in [0.05, 0.1) is 0 Å². The molecule has 3 aromatic rings. The van der Waals surface area contributed by atoms with Crippen LogP contribution in [0, 0.1) is 5.92 Å². The average Bonchev–Trinajstić information content (AvgIpc) is 2.66. The van der Waals surface area contributed by atoms with E-state index in [0.29, 0.717) is 0 Å². The fourth-order valence-corrected chi connectivity index (χ4v) is 3.87. The van der Waals surface area contributed by atoms with Gasteiger partial charge in [0.2, 0.25) is 0 Å². The number of rotatable bonds is 3. The van der Waals surface area contributed by atoms with Gasteiger partial charge in [0.25, 0.3) is 0 Å². The molecule has 0 aromatic heterocycles. The van der Waals surface area contributed by atoms with Gasteiger partial charge in [0.15, 0.2) is 0 Å². The zero-order valence-electron chi connectivity index (χ0n) is 14.7. The summed E-state index contributed by atoms with van der Waals surface area (Å²) in [5.74, 6) is 1.78. The van der Waals surface area contributed by atoms with Crippen LogP contribution in [-0.2, 0) is 6.42 Å². The summed E-state index contributed by atoms with van der Waals surface area (Å²) in [6.07, 6.45) is 0.789. The van der Waals surface area contributed by atoms with Gasteiger partial charge in [-0.3, -0.25) is 0 Å². The van der Waals surface area contributed by atoms with Crippen LogP contribution in [0.25, 0.3) is 0 Å². The highest BCUT2D eigenvalue weighted by Crippen LogP contribution is 2.48. The van der Waals surface area contributed by atoms with Crippen LogP contribution in [0.4, 0.5) is 0 Å². The first-order valence-electron chi connectivity index (χ1n) is 8.94. The quantitative estimate of drug-likeness (QED) is 0.686. The van der Waals surface area contributed by atoms with E-state index >= 15 is 0 Å². The van der Waals surface area contributed by atoms with Gasteiger partial charge in [-0.05, 0) is 53.8 Å². The van der Waals surface area contributed by atoms with Crippen LogP contribution >= 0.6 is 0 Å². The fraction of sp³-hybridized carbons (Fsp3) is 0.217. The normalized spacial score (nSPS) is 21.7. The number of aromatic hydroxyl groups is 2. The maximum absolute atomic E-state index is 9.99. The third-order valence-electron chi connectivity index (χ3n) is 5.28. The molecule has 3 nitrogen and oxygen atoms in total. The van der Waals surface area contributed by atoms with Crippen molar-refractivity contribution in [2.24, 2.45) is 5.92 Å². The minimum Gasteiger partial charge on any atom is -0.508 e. The Morgan fingerprint density at radius 2 is 1.54 bits per heavy atom. The number of phenolic OH excluding ortho intramolecular Hbond substituents is 2. The van der Waals surface area contributed by atoms with Crippen LogP contribution in [0.1, 0.15) is 35.6 Å². The first-order chi connectivity index (χ1) is 12.6. The van der Waals surface area contributed by atoms with Crippen molar-refractivity contribution in [3.05, 3.63) is 89.5 Å². The van der Waals surface area contributed by atoms with Crippen molar-refractivity contribution in [3.63, 3.8) is 0 Å². The molecule has 0 fully saturated rings. The van der Waals surface area contributed by atoms with Crippen LogP contribution in [0.2, 0.25) is 0 Å². The van der Waals surface area contributed by atoms with Crippen molar-refractivity contribution < 1.29 is 14.9 Å². The minimum absolute atomic E-state index is 0.0960. The average molecular weight is 346 g/mol. The van der Waals surface area contributed by atoms with Crippen molar-refractivity contribution in [1.82, 2.24) is 0 Å². The van der Waals surface area contributed by atoms with E-state index in [9.17, 15) is 10.2 Å². The van der Waals surface area contributed by atoms with Crippen LogP contribution in [0.5, 0.6) is 17.2 Å². The van der Waals surface area contributed by atoms with E-state index in [1.165, 1.54) is 5.56 Å². The monoisotopic (exact) mass is 346 g/mol. The highest BCUT2D eigenvalue weighted by molar-refractivity contribution is 5.46. The van der Waals surface area contributed by atoms with Crippen LogP contribution in [-0.4, -0.2) is 10.2 Å². The number of fused-ring (bicyclic) bond motifs is 1. The third-order valence-corrected chi connectivity index (χ3v) is 5.28. The Bertz CT molecular complexity index is 887. The van der Waals surface area contributed by atoms with Gasteiger partial charge in [-0.1, -0.05) is 49.4 Å². The molecule has 0 amide bonds. The van der Waals surface area contributed by atoms with E-state index in [2.05, 4.69) is 31.2 Å². The molecule has 2 unspecified atom stereocenters. The Balaban J connectivity index is 1.74. The Labute approximate surface area is 153 Å². The molecule has 0 radical (unpaired) electrons. The zero-order chi connectivity index (χ0) is 18.1. The van der Waals surface area contributed by atoms with Gasteiger partial charge in [0, 0.05) is 11.5 Å². The van der Waals surface area contributed by atoms with Gasteiger partial charge in [-0.15, -0.1) is 0 Å². The van der Waals surface area contributed by atoms with Crippen LogP contribution < -0.4 is 4.74 Å². The molecule has 26 heavy (non-hydrogen) atoms. The Morgan fingerprint density at radius 1 is 0.846 bits per heavy atom. The van der Waals surface area contributed by atoms with E-state index in [0.717, 1.165) is 23.3 Å². The highest BCUT2D eigenvalue weighted by Gasteiger charge is 2.36. The lowest BCUT2D eigenvalue weighted by molar-refractivity contribution is 0.101. The first kappa shape index (κ1) is 16.5. The standard InChI is InChI=1S/C23H22O3/c1-15-20(13-16-5-3-2-4-6-16)21-14-19(25)11-12-22(21)26-23(15)17-7-9-18(24)10-8-17/h2-12,14-15,20,23-25H,13H2,1H3/t15-,20?,23?/m1/s1. The summed E-state index contributed by atoms with van der Waals surface area (Å²) in [5, 5.41) is 19.6. The number of benzene rings is 3. The van der Waals surface area contributed by atoms with E-state index in [1.807, 2.05) is 30.3 Å². The molecule has 1 aliphatic heterocycles. The van der Waals surface area contributed by atoms with Crippen molar-refractivity contribution >= 4 is 0 Å². The molecule has 0 saturated heterocycles. The second-order valence-corrected chi connectivity index (χ2v) is 7.01. The molecule has 132 valence electrons. The zero-order valence-corrected chi connectivity index (χ0v) is 14.7. The second kappa shape index (κ2) is 6.75. The third kappa shape index (κ3) is 3.13. The van der Waals surface area contributed by atoms with E-state index in [1.54, 1.807) is 18.2 Å². The second-order valence-electron chi connectivity index (χ2n) is 7.01. The summed E-state index contributed by atoms with van der Waals surface area (Å²) >= 11 is 0. The van der Waals surface area contributed by atoms with Gasteiger partial charge in [-0.25, -0.2) is 0 Å². The largest absolute Gasteiger partial charge is 0.508 e. The summed E-state index contributed by atoms with van der Waals surface area (Å²) in [5.41, 5.74) is 3.37. The Morgan fingerprint density at radius 3 is 2.27 bits per heavy atom. The molecule has 0 saturated carbocycles. The number of ether oxygens (including phenoxy) is 1. The minimum atomic E-state index is -0.0960. The topological polar surface area (TPSA) is 49.7 Å². The molecule has 1 aliphatic rings. The summed E-state index contributed by atoms with van der Waals surface area (Å²) in [6, 6.07) is 23.0. The van der Waals surface area contributed by atoms with Gasteiger partial charge >= 0.3 is 0 Å². The Hall–Kier alpha value is -2.94. The Kier molecular flexibility index (Phi) is 4.29. The van der Waals surface area contributed by atoms with Crippen molar-refractivity contribution in [2.75, 3.05) is 0 Å². The van der Waals surface area contributed by atoms with Gasteiger partial charge < -0.3 is 14.9 Å². The predicted octanol–water partition coefficient (Wildman–Crippen LogP) is 5.19. The molecule has 3 atom stereocenters. The molecule has 4 rings (SSSR count).